The van der Waals surface area contributed by atoms with Crippen molar-refractivity contribution in [1.82, 2.24) is 0 Å². The molecular formula is C12H20N2O2. The number of aryl methyl sites for hydroxylation is 1. The van der Waals surface area contributed by atoms with Crippen LogP contribution in [0.2, 0.25) is 0 Å². The molecule has 0 aromatic heterocycles. The van der Waals surface area contributed by atoms with Gasteiger partial charge in [0.05, 0.1) is 12.7 Å². The zero-order valence-electron chi connectivity index (χ0n) is 10.1. The van der Waals surface area contributed by atoms with E-state index in [0.29, 0.717) is 6.54 Å². The zero-order chi connectivity index (χ0) is 12.1. The van der Waals surface area contributed by atoms with Crippen LogP contribution in [-0.2, 0) is 0 Å². The Labute approximate surface area is 96.5 Å². The number of anilines is 2. The SMILES string of the molecule is Cc1ccc(NC[C@H](O)CO)cc1N(C)C. The summed E-state index contributed by atoms with van der Waals surface area (Å²) in [6.07, 6.45) is -0.718. The van der Waals surface area contributed by atoms with Crippen LogP contribution in [0.3, 0.4) is 0 Å². The Morgan fingerprint density at radius 2 is 2.06 bits per heavy atom. The van der Waals surface area contributed by atoms with Crippen molar-refractivity contribution in [2.24, 2.45) is 0 Å². The van der Waals surface area contributed by atoms with Gasteiger partial charge >= 0.3 is 0 Å². The second-order valence-corrected chi connectivity index (χ2v) is 4.11. The van der Waals surface area contributed by atoms with Crippen molar-refractivity contribution >= 4 is 11.4 Å². The summed E-state index contributed by atoms with van der Waals surface area (Å²) < 4.78 is 0. The Balaban J connectivity index is 2.71. The molecule has 0 unspecified atom stereocenters. The minimum absolute atomic E-state index is 0.223. The molecule has 0 heterocycles. The van der Waals surface area contributed by atoms with Gasteiger partial charge in [-0.1, -0.05) is 6.07 Å². The summed E-state index contributed by atoms with van der Waals surface area (Å²) in [5.74, 6) is 0. The summed E-state index contributed by atoms with van der Waals surface area (Å²) >= 11 is 0. The predicted molar refractivity (Wildman–Crippen MR) is 67.1 cm³/mol. The second kappa shape index (κ2) is 5.72. The standard InChI is InChI=1S/C12H20N2O2/c1-9-4-5-10(6-12(9)14(2)3)13-7-11(16)8-15/h4-6,11,13,15-16H,7-8H2,1-3H3/t11-/m0/s1. The smallest absolute Gasteiger partial charge is 0.0942 e. The van der Waals surface area contributed by atoms with Gasteiger partial charge in [0.1, 0.15) is 0 Å². The molecule has 0 amide bonds. The van der Waals surface area contributed by atoms with Crippen molar-refractivity contribution in [3.63, 3.8) is 0 Å². The molecule has 0 aliphatic heterocycles. The molecule has 0 aliphatic rings. The Kier molecular flexibility index (Phi) is 4.58. The first-order valence-electron chi connectivity index (χ1n) is 5.35. The van der Waals surface area contributed by atoms with E-state index >= 15 is 0 Å². The zero-order valence-corrected chi connectivity index (χ0v) is 10.1. The van der Waals surface area contributed by atoms with Crippen LogP contribution in [-0.4, -0.2) is 43.6 Å². The molecule has 90 valence electrons. The monoisotopic (exact) mass is 224 g/mol. The van der Waals surface area contributed by atoms with Crippen molar-refractivity contribution < 1.29 is 10.2 Å². The van der Waals surface area contributed by atoms with Gasteiger partial charge in [0.25, 0.3) is 0 Å². The third-order valence-electron chi connectivity index (χ3n) is 2.44. The number of hydrogen-bond donors (Lipinski definition) is 3. The molecule has 1 aromatic rings. The van der Waals surface area contributed by atoms with Gasteiger partial charge in [-0.15, -0.1) is 0 Å². The molecular weight excluding hydrogens is 204 g/mol. The maximum Gasteiger partial charge on any atom is 0.0942 e. The maximum absolute atomic E-state index is 9.23. The first-order chi connectivity index (χ1) is 7.54. The number of aliphatic hydroxyl groups is 2. The summed E-state index contributed by atoms with van der Waals surface area (Å²) in [6.45, 7) is 2.19. The van der Waals surface area contributed by atoms with E-state index in [2.05, 4.69) is 12.2 Å². The molecule has 0 saturated heterocycles. The van der Waals surface area contributed by atoms with Crippen LogP contribution in [0.25, 0.3) is 0 Å². The van der Waals surface area contributed by atoms with E-state index in [1.165, 1.54) is 5.56 Å². The number of nitrogens with zero attached hydrogens (tertiary/aromatic N) is 1. The number of rotatable bonds is 5. The van der Waals surface area contributed by atoms with Gasteiger partial charge in [-0.05, 0) is 24.6 Å². The van der Waals surface area contributed by atoms with E-state index < -0.39 is 6.10 Å². The van der Waals surface area contributed by atoms with Crippen molar-refractivity contribution in [3.8, 4) is 0 Å². The van der Waals surface area contributed by atoms with E-state index in [4.69, 9.17) is 5.11 Å². The van der Waals surface area contributed by atoms with Crippen molar-refractivity contribution in [3.05, 3.63) is 23.8 Å². The third-order valence-corrected chi connectivity index (χ3v) is 2.44. The maximum atomic E-state index is 9.23. The van der Waals surface area contributed by atoms with Gasteiger partial charge in [-0.25, -0.2) is 0 Å². The molecule has 0 fully saturated rings. The predicted octanol–water partition coefficient (Wildman–Crippen LogP) is 0.826. The van der Waals surface area contributed by atoms with Crippen molar-refractivity contribution in [1.29, 1.82) is 0 Å². The highest BCUT2D eigenvalue weighted by atomic mass is 16.3. The first-order valence-corrected chi connectivity index (χ1v) is 5.35. The fourth-order valence-electron chi connectivity index (χ4n) is 1.50. The van der Waals surface area contributed by atoms with Crippen LogP contribution in [0.4, 0.5) is 11.4 Å². The van der Waals surface area contributed by atoms with E-state index in [9.17, 15) is 5.11 Å². The van der Waals surface area contributed by atoms with E-state index in [1.807, 2.05) is 37.2 Å². The van der Waals surface area contributed by atoms with Gasteiger partial charge in [0, 0.05) is 32.0 Å². The minimum atomic E-state index is -0.718. The molecule has 0 saturated carbocycles. The quantitative estimate of drug-likeness (QED) is 0.693. The van der Waals surface area contributed by atoms with Crippen LogP contribution < -0.4 is 10.2 Å². The summed E-state index contributed by atoms with van der Waals surface area (Å²) in [4.78, 5) is 2.04. The van der Waals surface area contributed by atoms with Gasteiger partial charge in [0.15, 0.2) is 0 Å². The first kappa shape index (κ1) is 12.8. The Morgan fingerprint density at radius 3 is 2.62 bits per heavy atom. The number of aliphatic hydroxyl groups excluding tert-OH is 2. The average Bonchev–Trinajstić information content (AvgIpc) is 2.27. The Bertz CT molecular complexity index is 340. The normalized spacial score (nSPS) is 12.3. The number of benzene rings is 1. The lowest BCUT2D eigenvalue weighted by Gasteiger charge is -2.18. The molecule has 0 aliphatic carbocycles. The van der Waals surface area contributed by atoms with Gasteiger partial charge < -0.3 is 20.4 Å². The van der Waals surface area contributed by atoms with Crippen LogP contribution in [0, 0.1) is 6.92 Å². The fraction of sp³-hybridized carbons (Fsp3) is 0.500. The van der Waals surface area contributed by atoms with Gasteiger partial charge in [-0.3, -0.25) is 0 Å². The molecule has 0 bridgehead atoms. The van der Waals surface area contributed by atoms with Crippen molar-refractivity contribution in [2.45, 2.75) is 13.0 Å². The summed E-state index contributed by atoms with van der Waals surface area (Å²) in [7, 11) is 3.99. The van der Waals surface area contributed by atoms with Crippen LogP contribution in [0.15, 0.2) is 18.2 Å². The number of hydrogen-bond acceptors (Lipinski definition) is 4. The van der Waals surface area contributed by atoms with E-state index in [0.717, 1.165) is 11.4 Å². The van der Waals surface area contributed by atoms with Crippen LogP contribution in [0.1, 0.15) is 5.56 Å². The summed E-state index contributed by atoms with van der Waals surface area (Å²) in [5.41, 5.74) is 3.29. The minimum Gasteiger partial charge on any atom is -0.394 e. The van der Waals surface area contributed by atoms with Gasteiger partial charge in [-0.2, -0.15) is 0 Å². The average molecular weight is 224 g/mol. The molecule has 1 aromatic carbocycles. The highest BCUT2D eigenvalue weighted by Crippen LogP contribution is 2.22. The largest absolute Gasteiger partial charge is 0.394 e. The summed E-state index contributed by atoms with van der Waals surface area (Å²) in [6, 6.07) is 6.02. The molecule has 1 rings (SSSR count). The Morgan fingerprint density at radius 1 is 1.38 bits per heavy atom. The second-order valence-electron chi connectivity index (χ2n) is 4.11. The highest BCUT2D eigenvalue weighted by molar-refractivity contribution is 5.61. The third kappa shape index (κ3) is 3.40. The fourth-order valence-corrected chi connectivity index (χ4v) is 1.50. The van der Waals surface area contributed by atoms with Crippen LogP contribution >= 0.6 is 0 Å². The van der Waals surface area contributed by atoms with Crippen molar-refractivity contribution in [2.75, 3.05) is 37.5 Å². The van der Waals surface area contributed by atoms with E-state index in [1.54, 1.807) is 0 Å². The molecule has 3 N–H and O–H groups in total. The molecule has 4 nitrogen and oxygen atoms in total. The molecule has 4 heteroatoms. The molecule has 1 atom stereocenters. The van der Waals surface area contributed by atoms with Crippen LogP contribution in [0.5, 0.6) is 0 Å². The topological polar surface area (TPSA) is 55.7 Å². The molecule has 0 radical (unpaired) electrons. The van der Waals surface area contributed by atoms with E-state index in [-0.39, 0.29) is 6.61 Å². The lowest BCUT2D eigenvalue weighted by Crippen LogP contribution is -2.23. The lowest BCUT2D eigenvalue weighted by atomic mass is 10.1. The van der Waals surface area contributed by atoms with Gasteiger partial charge in [0.2, 0.25) is 0 Å². The number of nitrogens with one attached hydrogen (secondary N) is 1. The summed E-state index contributed by atoms with van der Waals surface area (Å²) in [5, 5.41) is 21.0. The lowest BCUT2D eigenvalue weighted by molar-refractivity contribution is 0.105. The Hall–Kier alpha value is -1.26. The molecule has 0 spiro atoms. The molecule has 16 heavy (non-hydrogen) atoms. The highest BCUT2D eigenvalue weighted by Gasteiger charge is 2.04.